The average molecular weight is 474 g/mol. The number of hydrogen-bond donors (Lipinski definition) is 3. The van der Waals surface area contributed by atoms with Gasteiger partial charge in [0.25, 0.3) is 0 Å². The number of fused-ring (bicyclic) bond motifs is 1. The quantitative estimate of drug-likeness (QED) is 0.562. The van der Waals surface area contributed by atoms with Gasteiger partial charge in [-0.3, -0.25) is 9.59 Å². The lowest BCUT2D eigenvalue weighted by atomic mass is 9.57. The molecular weight excluding hydrogens is 430 g/mol. The summed E-state index contributed by atoms with van der Waals surface area (Å²) >= 11 is 0. The fourth-order valence-electron chi connectivity index (χ4n) is 7.14. The van der Waals surface area contributed by atoms with E-state index in [2.05, 4.69) is 24.5 Å². The number of rotatable bonds is 7. The predicted molar refractivity (Wildman–Crippen MR) is 131 cm³/mol. The summed E-state index contributed by atoms with van der Waals surface area (Å²) in [6.45, 7) is 10.3. The minimum Gasteiger partial charge on any atom is -0.467 e. The topological polar surface area (TPSA) is 94.8 Å². The third kappa shape index (κ3) is 5.35. The summed E-state index contributed by atoms with van der Waals surface area (Å²) < 4.78 is 5.34. The first kappa shape index (κ1) is 25.2. The van der Waals surface area contributed by atoms with Gasteiger partial charge >= 0.3 is 0 Å². The van der Waals surface area contributed by atoms with Gasteiger partial charge in [-0.1, -0.05) is 13.8 Å². The molecule has 0 unspecified atom stereocenters. The lowest BCUT2D eigenvalue weighted by Crippen LogP contribution is -2.55. The molecule has 4 rings (SSSR count). The minimum absolute atomic E-state index is 0.00846. The Kier molecular flexibility index (Phi) is 7.16. The van der Waals surface area contributed by atoms with Crippen molar-refractivity contribution in [2.75, 3.05) is 13.1 Å². The summed E-state index contributed by atoms with van der Waals surface area (Å²) in [6.07, 6.45) is 8.41. The summed E-state index contributed by atoms with van der Waals surface area (Å²) in [5.74, 6) is 1.33. The Morgan fingerprint density at radius 2 is 1.91 bits per heavy atom. The Morgan fingerprint density at radius 1 is 1.18 bits per heavy atom. The van der Waals surface area contributed by atoms with Gasteiger partial charge < -0.3 is 25.1 Å². The van der Waals surface area contributed by atoms with E-state index < -0.39 is 5.60 Å². The maximum atomic E-state index is 12.8. The maximum absolute atomic E-state index is 12.8. The van der Waals surface area contributed by atoms with Crippen molar-refractivity contribution in [3.8, 4) is 0 Å². The van der Waals surface area contributed by atoms with Crippen LogP contribution >= 0.6 is 0 Å². The Hall–Kier alpha value is -1.86. The number of hydrogen-bond acceptors (Lipinski definition) is 5. The van der Waals surface area contributed by atoms with Crippen LogP contribution in [0.1, 0.15) is 84.8 Å². The van der Waals surface area contributed by atoms with E-state index in [0.29, 0.717) is 31.0 Å². The highest BCUT2D eigenvalue weighted by atomic mass is 16.3. The first-order chi connectivity index (χ1) is 16.0. The smallest absolute Gasteiger partial charge is 0.220 e. The van der Waals surface area contributed by atoms with E-state index >= 15 is 0 Å². The molecule has 1 aliphatic heterocycles. The number of nitrogens with zero attached hydrogens (tertiary/aromatic N) is 1. The van der Waals surface area contributed by atoms with Crippen molar-refractivity contribution in [3.63, 3.8) is 0 Å². The normalized spacial score (nSPS) is 33.5. The average Bonchev–Trinajstić information content (AvgIpc) is 3.36. The molecule has 2 heterocycles. The first-order valence-corrected chi connectivity index (χ1v) is 13.0. The number of amides is 2. The highest BCUT2D eigenvalue weighted by Crippen LogP contribution is 2.64. The lowest BCUT2D eigenvalue weighted by molar-refractivity contribution is -0.130. The second kappa shape index (κ2) is 9.65. The maximum Gasteiger partial charge on any atom is 0.220 e. The third-order valence-electron chi connectivity index (χ3n) is 9.07. The van der Waals surface area contributed by atoms with Crippen molar-refractivity contribution in [1.29, 1.82) is 0 Å². The summed E-state index contributed by atoms with van der Waals surface area (Å²) in [4.78, 5) is 26.5. The van der Waals surface area contributed by atoms with E-state index in [9.17, 15) is 14.7 Å². The molecule has 190 valence electrons. The molecule has 2 amide bonds. The van der Waals surface area contributed by atoms with Crippen LogP contribution in [0.25, 0.3) is 0 Å². The molecule has 1 aromatic rings. The highest BCUT2D eigenvalue weighted by molar-refractivity contribution is 5.75. The molecule has 3 N–H and O–H groups in total. The first-order valence-electron chi connectivity index (χ1n) is 13.0. The SMILES string of the molecule is CC(=O)N1CCC(N[C@@H]2CC(C)(C)[C@H]3C[C@@](C)(O)CC[C@@]32CCC(=O)NCc2ccco2)CC1. The molecule has 0 spiro atoms. The number of nitrogens with one attached hydrogen (secondary N) is 2. The van der Waals surface area contributed by atoms with Crippen LogP contribution in [0, 0.1) is 16.7 Å². The number of carbonyl (C=O) groups is 2. The van der Waals surface area contributed by atoms with E-state index in [-0.39, 0.29) is 22.6 Å². The van der Waals surface area contributed by atoms with Crippen LogP contribution < -0.4 is 10.6 Å². The number of piperidine rings is 1. The molecule has 1 aromatic heterocycles. The molecule has 2 aliphatic carbocycles. The number of aliphatic hydroxyl groups is 1. The van der Waals surface area contributed by atoms with E-state index in [4.69, 9.17) is 4.42 Å². The van der Waals surface area contributed by atoms with E-state index in [1.54, 1.807) is 13.2 Å². The van der Waals surface area contributed by atoms with Gasteiger partial charge in [0, 0.05) is 38.5 Å². The van der Waals surface area contributed by atoms with Crippen LogP contribution in [0.15, 0.2) is 22.8 Å². The predicted octanol–water partition coefficient (Wildman–Crippen LogP) is 3.61. The Morgan fingerprint density at radius 3 is 2.56 bits per heavy atom. The van der Waals surface area contributed by atoms with Gasteiger partial charge in [0.1, 0.15) is 5.76 Å². The van der Waals surface area contributed by atoms with Gasteiger partial charge in [0.15, 0.2) is 0 Å². The van der Waals surface area contributed by atoms with E-state index in [0.717, 1.165) is 63.8 Å². The number of furan rings is 1. The molecule has 7 heteroatoms. The molecule has 3 aliphatic rings. The molecule has 0 bridgehead atoms. The molecular formula is C27H43N3O4. The highest BCUT2D eigenvalue weighted by Gasteiger charge is 2.61. The Labute approximate surface area is 204 Å². The van der Waals surface area contributed by atoms with Gasteiger partial charge in [-0.2, -0.15) is 0 Å². The molecule has 2 saturated carbocycles. The van der Waals surface area contributed by atoms with Gasteiger partial charge in [0.05, 0.1) is 18.4 Å². The van der Waals surface area contributed by atoms with Crippen LogP contribution in [0.4, 0.5) is 0 Å². The largest absolute Gasteiger partial charge is 0.467 e. The Bertz CT molecular complexity index is 857. The second-order valence-electron chi connectivity index (χ2n) is 12.0. The van der Waals surface area contributed by atoms with Gasteiger partial charge in [0.2, 0.25) is 11.8 Å². The van der Waals surface area contributed by atoms with Crippen molar-refractivity contribution in [2.24, 2.45) is 16.7 Å². The van der Waals surface area contributed by atoms with Crippen LogP contribution in [0.3, 0.4) is 0 Å². The van der Waals surface area contributed by atoms with Crippen LogP contribution in [-0.4, -0.2) is 52.6 Å². The van der Waals surface area contributed by atoms with E-state index in [1.807, 2.05) is 24.0 Å². The molecule has 1 saturated heterocycles. The summed E-state index contributed by atoms with van der Waals surface area (Å²) in [5, 5.41) is 18.0. The molecule has 34 heavy (non-hydrogen) atoms. The van der Waals surface area contributed by atoms with Crippen molar-refractivity contribution in [1.82, 2.24) is 15.5 Å². The van der Waals surface area contributed by atoms with Crippen LogP contribution in [-0.2, 0) is 16.1 Å². The monoisotopic (exact) mass is 473 g/mol. The van der Waals surface area contributed by atoms with Crippen molar-refractivity contribution < 1.29 is 19.1 Å². The second-order valence-corrected chi connectivity index (χ2v) is 12.0. The van der Waals surface area contributed by atoms with Crippen molar-refractivity contribution in [3.05, 3.63) is 24.2 Å². The van der Waals surface area contributed by atoms with Crippen molar-refractivity contribution >= 4 is 11.8 Å². The molecule has 4 atom stereocenters. The third-order valence-corrected chi connectivity index (χ3v) is 9.07. The van der Waals surface area contributed by atoms with Gasteiger partial charge in [-0.05, 0) is 80.8 Å². The molecule has 0 radical (unpaired) electrons. The van der Waals surface area contributed by atoms with Crippen LogP contribution in [0.5, 0.6) is 0 Å². The van der Waals surface area contributed by atoms with Crippen molar-refractivity contribution in [2.45, 2.75) is 103 Å². The standard InChI is InChI=1S/C27H43N3O4/c1-19(31)30-13-8-20(9-14-30)29-23-17-25(2,3)22-16-26(4,33)11-12-27(22,23)10-7-24(32)28-18-21-6-5-15-34-21/h5-6,15,20,22-23,29,33H,7-14,16-18H2,1-4H3,(H,28,32)/t22-,23-,26+,27+/m1/s1. The van der Waals surface area contributed by atoms with Crippen LogP contribution in [0.2, 0.25) is 0 Å². The summed E-state index contributed by atoms with van der Waals surface area (Å²) in [6, 6.07) is 4.41. The van der Waals surface area contributed by atoms with E-state index in [1.165, 1.54) is 0 Å². The summed E-state index contributed by atoms with van der Waals surface area (Å²) in [7, 11) is 0. The van der Waals surface area contributed by atoms with Gasteiger partial charge in [-0.25, -0.2) is 0 Å². The lowest BCUT2D eigenvalue weighted by Gasteiger charge is -2.51. The zero-order valence-corrected chi connectivity index (χ0v) is 21.4. The Balaban J connectivity index is 1.46. The van der Waals surface area contributed by atoms with Gasteiger partial charge in [-0.15, -0.1) is 0 Å². The fraction of sp³-hybridized carbons (Fsp3) is 0.778. The summed E-state index contributed by atoms with van der Waals surface area (Å²) in [5.41, 5.74) is -0.563. The minimum atomic E-state index is -0.644. The number of carbonyl (C=O) groups excluding carboxylic acids is 2. The zero-order valence-electron chi connectivity index (χ0n) is 21.4. The zero-order chi connectivity index (χ0) is 24.6. The fourth-order valence-corrected chi connectivity index (χ4v) is 7.14. The molecule has 0 aromatic carbocycles. The number of likely N-dealkylation sites (tertiary alicyclic amines) is 1. The molecule has 7 nitrogen and oxygen atoms in total. The molecule has 3 fully saturated rings.